The Hall–Kier alpha value is -2.36. The third-order valence-electron chi connectivity index (χ3n) is 2.92. The average molecular weight is 270 g/mol. The maximum atomic E-state index is 11.1. The van der Waals surface area contributed by atoms with Gasteiger partial charge in [-0.3, -0.25) is 4.79 Å². The number of hydrogen-bond donors (Lipinski definition) is 1. The Morgan fingerprint density at radius 2 is 1.75 bits per heavy atom. The first-order valence-corrected chi connectivity index (χ1v) is 6.41. The lowest BCUT2D eigenvalue weighted by atomic mass is 9.87. The van der Waals surface area contributed by atoms with Crippen LogP contribution in [0.2, 0.25) is 0 Å². The second-order valence-corrected chi connectivity index (χ2v) is 5.60. The van der Waals surface area contributed by atoms with Gasteiger partial charge in [-0.1, -0.05) is 39.0 Å². The molecular formula is C16H18N2O2. The van der Waals surface area contributed by atoms with E-state index in [0.29, 0.717) is 11.6 Å². The van der Waals surface area contributed by atoms with Crippen LogP contribution in [0.5, 0.6) is 11.6 Å². The molecule has 0 atom stereocenters. The Balaban J connectivity index is 2.18. The van der Waals surface area contributed by atoms with E-state index in [-0.39, 0.29) is 11.1 Å². The molecule has 4 heteroatoms. The minimum Gasteiger partial charge on any atom is -0.439 e. The van der Waals surface area contributed by atoms with Gasteiger partial charge < -0.3 is 10.5 Å². The fourth-order valence-electron chi connectivity index (χ4n) is 1.75. The Labute approximate surface area is 118 Å². The van der Waals surface area contributed by atoms with Gasteiger partial charge in [-0.05, 0) is 29.2 Å². The number of amides is 1. The average Bonchev–Trinajstić information content (AvgIpc) is 2.38. The van der Waals surface area contributed by atoms with Gasteiger partial charge in [0.2, 0.25) is 5.88 Å². The molecule has 4 nitrogen and oxygen atoms in total. The van der Waals surface area contributed by atoms with Gasteiger partial charge in [-0.25, -0.2) is 4.98 Å². The van der Waals surface area contributed by atoms with Crippen molar-refractivity contribution in [1.29, 1.82) is 0 Å². The van der Waals surface area contributed by atoms with Gasteiger partial charge in [0, 0.05) is 6.07 Å². The summed E-state index contributed by atoms with van der Waals surface area (Å²) in [7, 11) is 0. The molecule has 0 saturated heterocycles. The highest BCUT2D eigenvalue weighted by Crippen LogP contribution is 2.26. The van der Waals surface area contributed by atoms with Crippen LogP contribution < -0.4 is 10.5 Å². The highest BCUT2D eigenvalue weighted by Gasteiger charge is 2.13. The molecule has 2 N–H and O–H groups in total. The van der Waals surface area contributed by atoms with Crippen LogP contribution in [0.3, 0.4) is 0 Å². The van der Waals surface area contributed by atoms with Gasteiger partial charge in [0.25, 0.3) is 5.91 Å². The van der Waals surface area contributed by atoms with Crippen molar-refractivity contribution in [2.45, 2.75) is 26.2 Å². The summed E-state index contributed by atoms with van der Waals surface area (Å²) in [5.41, 5.74) is 6.70. The summed E-state index contributed by atoms with van der Waals surface area (Å²) in [6, 6.07) is 12.7. The number of nitrogens with two attached hydrogens (primary N) is 1. The van der Waals surface area contributed by atoms with Crippen LogP contribution in [0.1, 0.15) is 36.8 Å². The minimum atomic E-state index is -0.571. The maximum Gasteiger partial charge on any atom is 0.267 e. The Bertz CT molecular complexity index is 613. The summed E-state index contributed by atoms with van der Waals surface area (Å²) in [6.45, 7) is 6.46. The predicted molar refractivity (Wildman–Crippen MR) is 78.0 cm³/mol. The quantitative estimate of drug-likeness (QED) is 0.930. The number of carbonyl (C=O) groups excluding carboxylic acids is 1. The number of benzene rings is 1. The molecule has 0 unspecified atom stereocenters. The number of nitrogens with zero attached hydrogens (tertiary/aromatic N) is 1. The molecule has 0 aliphatic heterocycles. The molecule has 0 saturated carbocycles. The van der Waals surface area contributed by atoms with Gasteiger partial charge in [-0.2, -0.15) is 0 Å². The van der Waals surface area contributed by atoms with Gasteiger partial charge in [0.15, 0.2) is 0 Å². The van der Waals surface area contributed by atoms with E-state index in [1.807, 2.05) is 24.3 Å². The first-order valence-electron chi connectivity index (χ1n) is 6.41. The smallest absolute Gasteiger partial charge is 0.267 e. The third kappa shape index (κ3) is 3.35. The van der Waals surface area contributed by atoms with Gasteiger partial charge in [0.1, 0.15) is 11.4 Å². The number of rotatable bonds is 3. The lowest BCUT2D eigenvalue weighted by molar-refractivity contribution is 0.0995. The molecule has 1 aromatic carbocycles. The minimum absolute atomic E-state index is 0.0999. The Kier molecular flexibility index (Phi) is 3.74. The van der Waals surface area contributed by atoms with E-state index in [9.17, 15) is 4.79 Å². The molecule has 0 aliphatic rings. The van der Waals surface area contributed by atoms with E-state index >= 15 is 0 Å². The largest absolute Gasteiger partial charge is 0.439 e. The number of pyridine rings is 1. The zero-order valence-electron chi connectivity index (χ0n) is 11.9. The summed E-state index contributed by atoms with van der Waals surface area (Å²) < 4.78 is 5.62. The molecule has 0 radical (unpaired) electrons. The van der Waals surface area contributed by atoms with Crippen molar-refractivity contribution in [2.75, 3.05) is 0 Å². The second kappa shape index (κ2) is 5.33. The number of hydrogen-bond acceptors (Lipinski definition) is 3. The zero-order chi connectivity index (χ0) is 14.8. The predicted octanol–water partition coefficient (Wildman–Crippen LogP) is 3.27. The number of carbonyl (C=O) groups is 1. The number of ether oxygens (including phenoxy) is 1. The normalized spacial score (nSPS) is 11.2. The molecule has 104 valence electrons. The van der Waals surface area contributed by atoms with E-state index < -0.39 is 5.91 Å². The van der Waals surface area contributed by atoms with Crippen molar-refractivity contribution in [3.8, 4) is 11.6 Å². The van der Waals surface area contributed by atoms with E-state index in [1.54, 1.807) is 18.2 Å². The van der Waals surface area contributed by atoms with Crippen molar-refractivity contribution < 1.29 is 9.53 Å². The van der Waals surface area contributed by atoms with Crippen LogP contribution in [0.4, 0.5) is 0 Å². The summed E-state index contributed by atoms with van der Waals surface area (Å²) in [5, 5.41) is 0. The number of primary amides is 1. The monoisotopic (exact) mass is 270 g/mol. The molecule has 0 spiro atoms. The van der Waals surface area contributed by atoms with Crippen LogP contribution >= 0.6 is 0 Å². The Morgan fingerprint density at radius 3 is 2.30 bits per heavy atom. The molecule has 20 heavy (non-hydrogen) atoms. The second-order valence-electron chi connectivity index (χ2n) is 5.60. The van der Waals surface area contributed by atoms with E-state index in [0.717, 1.165) is 0 Å². The van der Waals surface area contributed by atoms with E-state index in [4.69, 9.17) is 10.5 Å². The summed E-state index contributed by atoms with van der Waals surface area (Å²) >= 11 is 0. The molecule has 2 aromatic rings. The molecule has 1 heterocycles. The molecule has 0 fully saturated rings. The highest BCUT2D eigenvalue weighted by atomic mass is 16.5. The molecule has 0 bridgehead atoms. The lowest BCUT2D eigenvalue weighted by Crippen LogP contribution is -2.13. The summed E-state index contributed by atoms with van der Waals surface area (Å²) in [6.07, 6.45) is 0. The molecule has 1 amide bonds. The third-order valence-corrected chi connectivity index (χ3v) is 2.92. The van der Waals surface area contributed by atoms with Crippen LogP contribution in [0, 0.1) is 0 Å². The van der Waals surface area contributed by atoms with Gasteiger partial charge >= 0.3 is 0 Å². The first kappa shape index (κ1) is 14.1. The fraction of sp³-hybridized carbons (Fsp3) is 0.250. The van der Waals surface area contributed by atoms with Crippen molar-refractivity contribution >= 4 is 5.91 Å². The lowest BCUT2D eigenvalue weighted by Gasteiger charge is -2.19. The fourth-order valence-corrected chi connectivity index (χ4v) is 1.75. The van der Waals surface area contributed by atoms with Crippen LogP contribution in [-0.2, 0) is 5.41 Å². The summed E-state index contributed by atoms with van der Waals surface area (Å²) in [4.78, 5) is 15.1. The van der Waals surface area contributed by atoms with Crippen LogP contribution in [0.25, 0.3) is 0 Å². The molecular weight excluding hydrogens is 252 g/mol. The molecule has 0 aliphatic carbocycles. The van der Waals surface area contributed by atoms with Crippen LogP contribution in [-0.4, -0.2) is 10.9 Å². The number of aromatic nitrogens is 1. The zero-order valence-corrected chi connectivity index (χ0v) is 11.9. The van der Waals surface area contributed by atoms with E-state index in [2.05, 4.69) is 25.8 Å². The van der Waals surface area contributed by atoms with Crippen LogP contribution in [0.15, 0.2) is 42.5 Å². The topological polar surface area (TPSA) is 65.2 Å². The van der Waals surface area contributed by atoms with Crippen molar-refractivity contribution in [3.05, 3.63) is 53.7 Å². The van der Waals surface area contributed by atoms with E-state index in [1.165, 1.54) is 5.56 Å². The SMILES string of the molecule is CC(C)(C)c1ccc(Oc2cccc(C(N)=O)n2)cc1. The highest BCUT2D eigenvalue weighted by molar-refractivity contribution is 5.90. The Morgan fingerprint density at radius 1 is 1.10 bits per heavy atom. The van der Waals surface area contributed by atoms with Crippen molar-refractivity contribution in [2.24, 2.45) is 5.73 Å². The van der Waals surface area contributed by atoms with Gasteiger partial charge in [-0.15, -0.1) is 0 Å². The van der Waals surface area contributed by atoms with Crippen molar-refractivity contribution in [3.63, 3.8) is 0 Å². The maximum absolute atomic E-state index is 11.1. The standard InChI is InChI=1S/C16H18N2O2/c1-16(2,3)11-7-9-12(10-8-11)20-14-6-4-5-13(18-14)15(17)19/h4-10H,1-3H3,(H2,17,19). The summed E-state index contributed by atoms with van der Waals surface area (Å²) in [5.74, 6) is 0.454. The first-order chi connectivity index (χ1) is 9.36. The van der Waals surface area contributed by atoms with Crippen molar-refractivity contribution in [1.82, 2.24) is 4.98 Å². The molecule has 2 rings (SSSR count). The molecule has 1 aromatic heterocycles. The van der Waals surface area contributed by atoms with Gasteiger partial charge in [0.05, 0.1) is 0 Å².